The normalized spacial score (nSPS) is 12.9. The number of hydrogen-bond donors (Lipinski definition) is 0. The summed E-state index contributed by atoms with van der Waals surface area (Å²) in [6.07, 6.45) is 0. The zero-order valence-corrected chi connectivity index (χ0v) is 24.7. The molecule has 5 rings (SSSR count). The third kappa shape index (κ3) is 3.35. The summed E-state index contributed by atoms with van der Waals surface area (Å²) < 4.78 is 2.42. The molecule has 0 aliphatic rings. The second-order valence-electron chi connectivity index (χ2n) is 11.2. The van der Waals surface area contributed by atoms with Crippen molar-refractivity contribution in [1.29, 1.82) is 0 Å². The van der Waals surface area contributed by atoms with Gasteiger partial charge in [-0.2, -0.15) is 0 Å². The summed E-state index contributed by atoms with van der Waals surface area (Å²) in [5.74, 6) is 1.85. The molecular weight excluding hydrogens is 544 g/mol. The molecule has 0 aromatic heterocycles. The summed E-state index contributed by atoms with van der Waals surface area (Å²) in [5, 5.41) is 11.2. The molecule has 2 heteroatoms. The van der Waals surface area contributed by atoms with Crippen LogP contribution in [-0.4, -0.2) is 0 Å². The lowest BCUT2D eigenvalue weighted by atomic mass is 9.79. The van der Waals surface area contributed by atoms with Crippen LogP contribution in [0.4, 0.5) is 0 Å². The molecule has 0 saturated heterocycles. The highest BCUT2D eigenvalue weighted by Crippen LogP contribution is 2.51. The Kier molecular flexibility index (Phi) is 6.01. The Morgan fingerprint density at radius 2 is 0.735 bits per heavy atom. The predicted octanol–water partition coefficient (Wildman–Crippen LogP) is 11.8. The third-order valence-corrected chi connectivity index (χ3v) is 8.87. The van der Waals surface area contributed by atoms with E-state index >= 15 is 0 Å². The fourth-order valence-corrected chi connectivity index (χ4v) is 7.31. The number of fused-ring (bicyclic) bond motifs is 2. The smallest absolute Gasteiger partial charge is 0.0263 e. The fourth-order valence-electron chi connectivity index (χ4n) is 6.00. The van der Waals surface area contributed by atoms with Gasteiger partial charge in [0.15, 0.2) is 0 Å². The topological polar surface area (TPSA) is 0 Å². The quantitative estimate of drug-likeness (QED) is 0.147. The van der Waals surface area contributed by atoms with Gasteiger partial charge in [0.2, 0.25) is 0 Å². The van der Waals surface area contributed by atoms with Crippen LogP contribution in [-0.2, 0) is 0 Å². The SMILES string of the molecule is CC(C)c1ccc2c3c(Br)cc(C(C)C)c4c(C(C)C)ccc(c5c(Br)cc(C(C)C)c1c25)c43. The minimum atomic E-state index is 0.453. The van der Waals surface area contributed by atoms with Crippen molar-refractivity contribution in [3.63, 3.8) is 0 Å². The molecule has 0 aliphatic heterocycles. The first kappa shape index (κ1) is 24.1. The van der Waals surface area contributed by atoms with Gasteiger partial charge in [0.25, 0.3) is 0 Å². The second-order valence-corrected chi connectivity index (χ2v) is 12.9. The van der Waals surface area contributed by atoms with Crippen molar-refractivity contribution in [1.82, 2.24) is 0 Å². The summed E-state index contributed by atoms with van der Waals surface area (Å²) in [4.78, 5) is 0. The van der Waals surface area contributed by atoms with E-state index in [1.807, 2.05) is 0 Å². The molecule has 0 amide bonds. The Balaban J connectivity index is 2.20. The Morgan fingerprint density at radius 1 is 0.412 bits per heavy atom. The van der Waals surface area contributed by atoms with E-state index in [-0.39, 0.29) is 0 Å². The molecule has 0 bridgehead atoms. The lowest BCUT2D eigenvalue weighted by Crippen LogP contribution is -2.02. The van der Waals surface area contributed by atoms with E-state index in [0.717, 1.165) is 0 Å². The van der Waals surface area contributed by atoms with Crippen LogP contribution >= 0.6 is 31.9 Å². The molecule has 0 heterocycles. The van der Waals surface area contributed by atoms with Crippen molar-refractivity contribution >= 4 is 74.9 Å². The van der Waals surface area contributed by atoms with Gasteiger partial charge in [-0.25, -0.2) is 0 Å². The molecule has 0 fully saturated rings. The fraction of sp³-hybridized carbons (Fsp3) is 0.375. The summed E-state index contributed by atoms with van der Waals surface area (Å²) >= 11 is 8.09. The second kappa shape index (κ2) is 8.49. The summed E-state index contributed by atoms with van der Waals surface area (Å²) in [6, 6.07) is 14.3. The van der Waals surface area contributed by atoms with Crippen LogP contribution in [0.2, 0.25) is 0 Å². The van der Waals surface area contributed by atoms with E-state index in [2.05, 4.69) is 124 Å². The van der Waals surface area contributed by atoms with Gasteiger partial charge in [-0.3, -0.25) is 0 Å². The largest absolute Gasteiger partial charge is 0.0587 e. The Morgan fingerprint density at radius 3 is 1.03 bits per heavy atom. The third-order valence-electron chi connectivity index (χ3n) is 7.62. The average Bonchev–Trinajstić information content (AvgIpc) is 2.77. The molecule has 0 saturated carbocycles. The molecule has 176 valence electrons. The van der Waals surface area contributed by atoms with Crippen LogP contribution in [0.5, 0.6) is 0 Å². The number of rotatable bonds is 4. The molecule has 0 unspecified atom stereocenters. The van der Waals surface area contributed by atoms with Gasteiger partial charge in [0.05, 0.1) is 0 Å². The lowest BCUT2D eigenvalue weighted by molar-refractivity contribution is 0.853. The monoisotopic (exact) mass is 576 g/mol. The molecule has 0 atom stereocenters. The number of halogens is 2. The highest BCUT2D eigenvalue weighted by Gasteiger charge is 2.25. The van der Waals surface area contributed by atoms with Gasteiger partial charge in [0, 0.05) is 19.7 Å². The van der Waals surface area contributed by atoms with E-state index in [0.29, 0.717) is 23.7 Å². The van der Waals surface area contributed by atoms with Gasteiger partial charge >= 0.3 is 0 Å². The van der Waals surface area contributed by atoms with Crippen LogP contribution in [0.1, 0.15) is 101 Å². The van der Waals surface area contributed by atoms with Crippen molar-refractivity contribution in [3.05, 3.63) is 67.6 Å². The first-order valence-electron chi connectivity index (χ1n) is 12.6. The van der Waals surface area contributed by atoms with Crippen molar-refractivity contribution in [3.8, 4) is 0 Å². The van der Waals surface area contributed by atoms with Crippen molar-refractivity contribution in [2.75, 3.05) is 0 Å². The van der Waals surface area contributed by atoms with Crippen LogP contribution < -0.4 is 0 Å². The van der Waals surface area contributed by atoms with Gasteiger partial charge < -0.3 is 0 Å². The zero-order valence-electron chi connectivity index (χ0n) is 21.5. The van der Waals surface area contributed by atoms with Crippen LogP contribution in [0.15, 0.2) is 45.3 Å². The van der Waals surface area contributed by atoms with E-state index in [9.17, 15) is 0 Å². The van der Waals surface area contributed by atoms with Crippen molar-refractivity contribution in [2.24, 2.45) is 0 Å². The van der Waals surface area contributed by atoms with E-state index < -0.39 is 0 Å². The first-order valence-corrected chi connectivity index (χ1v) is 14.2. The maximum absolute atomic E-state index is 4.04. The Bertz CT molecular complexity index is 1450. The lowest BCUT2D eigenvalue weighted by Gasteiger charge is -2.25. The zero-order chi connectivity index (χ0) is 24.6. The van der Waals surface area contributed by atoms with E-state index in [4.69, 9.17) is 0 Å². The summed E-state index contributed by atoms with van der Waals surface area (Å²) in [7, 11) is 0. The molecular formula is C32H34Br2. The number of hydrogen-bond acceptors (Lipinski definition) is 0. The maximum atomic E-state index is 4.04. The molecule has 0 nitrogen and oxygen atoms in total. The molecule has 5 aromatic rings. The molecule has 0 N–H and O–H groups in total. The summed E-state index contributed by atoms with van der Waals surface area (Å²) in [5.41, 5.74) is 5.77. The van der Waals surface area contributed by atoms with Crippen LogP contribution in [0.3, 0.4) is 0 Å². The maximum Gasteiger partial charge on any atom is 0.0263 e. The Hall–Kier alpha value is -1.64. The average molecular weight is 578 g/mol. The Labute approximate surface area is 220 Å². The molecule has 0 radical (unpaired) electrons. The summed E-state index contributed by atoms with van der Waals surface area (Å²) in [6.45, 7) is 18.5. The van der Waals surface area contributed by atoms with Gasteiger partial charge in [-0.1, -0.05) is 112 Å². The van der Waals surface area contributed by atoms with E-state index in [1.165, 1.54) is 74.3 Å². The molecule has 0 spiro atoms. The van der Waals surface area contributed by atoms with Crippen molar-refractivity contribution < 1.29 is 0 Å². The molecule has 5 aromatic carbocycles. The first-order chi connectivity index (χ1) is 16.0. The van der Waals surface area contributed by atoms with E-state index in [1.54, 1.807) is 0 Å². The molecule has 0 aliphatic carbocycles. The van der Waals surface area contributed by atoms with Gasteiger partial charge in [-0.15, -0.1) is 0 Å². The van der Waals surface area contributed by atoms with Gasteiger partial charge in [-0.05, 0) is 90.4 Å². The number of benzene rings is 5. The van der Waals surface area contributed by atoms with Crippen LogP contribution in [0, 0.1) is 0 Å². The highest BCUT2D eigenvalue weighted by atomic mass is 79.9. The van der Waals surface area contributed by atoms with Crippen molar-refractivity contribution in [2.45, 2.75) is 79.1 Å². The predicted molar refractivity (Wildman–Crippen MR) is 159 cm³/mol. The molecule has 34 heavy (non-hydrogen) atoms. The standard InChI is InChI=1S/C32H34Br2/c1-15(2)19-9-11-21-30-26(34)14-24(18(7)8)28-20(16(3)4)10-12-22(32(28)30)29-25(33)13-23(17(5)6)27(19)31(21)29/h9-18H,1-8H3. The highest BCUT2D eigenvalue weighted by molar-refractivity contribution is 9.11. The minimum absolute atomic E-state index is 0.453. The minimum Gasteiger partial charge on any atom is -0.0587 e. The van der Waals surface area contributed by atoms with Gasteiger partial charge in [0.1, 0.15) is 0 Å². The van der Waals surface area contributed by atoms with Crippen LogP contribution in [0.25, 0.3) is 43.1 Å².